The number of nitrogens with two attached hydrogens (primary N) is 1. The van der Waals surface area contributed by atoms with Gasteiger partial charge in [-0.05, 0) is 37.1 Å². The Bertz CT molecular complexity index is 634. The van der Waals surface area contributed by atoms with Crippen molar-refractivity contribution in [2.45, 2.75) is 25.8 Å². The van der Waals surface area contributed by atoms with Crippen molar-refractivity contribution in [3.05, 3.63) is 57.8 Å². The van der Waals surface area contributed by atoms with Gasteiger partial charge >= 0.3 is 0 Å². The first-order chi connectivity index (χ1) is 10.0. The van der Waals surface area contributed by atoms with Crippen LogP contribution in [0.25, 0.3) is 0 Å². The summed E-state index contributed by atoms with van der Waals surface area (Å²) in [6, 6.07) is 9.62. The highest BCUT2D eigenvalue weighted by molar-refractivity contribution is 6.42. The summed E-state index contributed by atoms with van der Waals surface area (Å²) < 4.78 is 19.8. The van der Waals surface area contributed by atoms with E-state index < -0.39 is 0 Å². The Hall–Kier alpha value is -1.29. The van der Waals surface area contributed by atoms with Gasteiger partial charge in [-0.15, -0.1) is 0 Å². The molecular weight excluding hydrogens is 312 g/mol. The van der Waals surface area contributed by atoms with Crippen molar-refractivity contribution in [1.29, 1.82) is 0 Å². The number of halogens is 3. The fourth-order valence-corrected chi connectivity index (χ4v) is 2.25. The predicted molar refractivity (Wildman–Crippen MR) is 84.9 cm³/mol. The Morgan fingerprint density at radius 3 is 2.52 bits per heavy atom. The molecule has 1 unspecified atom stereocenters. The highest BCUT2D eigenvalue weighted by Crippen LogP contribution is 2.36. The van der Waals surface area contributed by atoms with Gasteiger partial charge in [-0.2, -0.15) is 0 Å². The molecule has 0 heterocycles. The molecule has 0 aliphatic carbocycles. The van der Waals surface area contributed by atoms with Gasteiger partial charge in [0.2, 0.25) is 0 Å². The summed E-state index contributed by atoms with van der Waals surface area (Å²) in [5.74, 6) is 0.457. The molecule has 0 saturated carbocycles. The van der Waals surface area contributed by atoms with Crippen LogP contribution in [-0.2, 0) is 6.42 Å². The highest BCUT2D eigenvalue weighted by atomic mass is 35.5. The molecule has 1 atom stereocenters. The van der Waals surface area contributed by atoms with E-state index in [9.17, 15) is 4.39 Å². The molecule has 112 valence electrons. The van der Waals surface area contributed by atoms with E-state index in [-0.39, 0.29) is 11.9 Å². The lowest BCUT2D eigenvalue weighted by molar-refractivity contribution is 0.461. The minimum atomic E-state index is -0.338. The van der Waals surface area contributed by atoms with Crippen LogP contribution in [0.5, 0.6) is 11.5 Å². The predicted octanol–water partition coefficient (Wildman–Crippen LogP) is 5.20. The summed E-state index contributed by atoms with van der Waals surface area (Å²) in [7, 11) is 0. The molecular formula is C16H16Cl2FNO. The standard InChI is InChI=1S/C16H16Cl2FNO/c1-2-10(20)9-11-13(19)6-4-7-14(11)21-15-8-3-5-12(17)16(15)18/h3-8,10H,2,9,20H2,1H3. The Kier molecular flexibility index (Phi) is 5.45. The largest absolute Gasteiger partial charge is 0.455 e. The van der Waals surface area contributed by atoms with Gasteiger partial charge in [0.15, 0.2) is 0 Å². The quantitative estimate of drug-likeness (QED) is 0.818. The van der Waals surface area contributed by atoms with Gasteiger partial charge in [0.25, 0.3) is 0 Å². The Balaban J connectivity index is 2.35. The molecule has 0 bridgehead atoms. The molecule has 2 rings (SSSR count). The smallest absolute Gasteiger partial charge is 0.147 e. The van der Waals surface area contributed by atoms with Crippen LogP contribution in [0, 0.1) is 5.82 Å². The molecule has 0 fully saturated rings. The molecule has 0 aromatic heterocycles. The van der Waals surface area contributed by atoms with Crippen LogP contribution in [0.2, 0.25) is 10.0 Å². The molecule has 0 amide bonds. The van der Waals surface area contributed by atoms with Gasteiger partial charge in [0.05, 0.1) is 5.02 Å². The highest BCUT2D eigenvalue weighted by Gasteiger charge is 2.15. The first-order valence-corrected chi connectivity index (χ1v) is 7.43. The number of rotatable bonds is 5. The first-order valence-electron chi connectivity index (χ1n) is 6.67. The van der Waals surface area contributed by atoms with Crippen molar-refractivity contribution in [2.75, 3.05) is 0 Å². The van der Waals surface area contributed by atoms with Gasteiger partial charge in [-0.1, -0.05) is 42.3 Å². The maximum absolute atomic E-state index is 14.0. The molecule has 0 saturated heterocycles. The number of ether oxygens (including phenoxy) is 1. The Morgan fingerprint density at radius 1 is 1.14 bits per heavy atom. The van der Waals surface area contributed by atoms with Crippen LogP contribution in [0.4, 0.5) is 4.39 Å². The summed E-state index contributed by atoms with van der Waals surface area (Å²) in [6.45, 7) is 1.96. The van der Waals surface area contributed by atoms with E-state index in [1.165, 1.54) is 6.07 Å². The average molecular weight is 328 g/mol. The van der Waals surface area contributed by atoms with Crippen LogP contribution in [0.3, 0.4) is 0 Å². The van der Waals surface area contributed by atoms with E-state index in [4.69, 9.17) is 33.7 Å². The van der Waals surface area contributed by atoms with Crippen molar-refractivity contribution in [3.63, 3.8) is 0 Å². The van der Waals surface area contributed by atoms with Crippen LogP contribution < -0.4 is 10.5 Å². The third-order valence-electron chi connectivity index (χ3n) is 3.20. The third kappa shape index (κ3) is 3.88. The summed E-state index contributed by atoms with van der Waals surface area (Å²) >= 11 is 12.0. The number of benzene rings is 2. The van der Waals surface area contributed by atoms with Gasteiger partial charge < -0.3 is 10.5 Å². The Morgan fingerprint density at radius 2 is 1.81 bits per heavy atom. The molecule has 0 aliphatic rings. The minimum absolute atomic E-state index is 0.126. The lowest BCUT2D eigenvalue weighted by Gasteiger charge is -2.15. The molecule has 2 aromatic carbocycles. The second-order valence-corrected chi connectivity index (χ2v) is 5.53. The van der Waals surface area contributed by atoms with Gasteiger partial charge in [0, 0.05) is 11.6 Å². The van der Waals surface area contributed by atoms with Crippen LogP contribution in [-0.4, -0.2) is 6.04 Å². The zero-order chi connectivity index (χ0) is 15.4. The molecule has 2 N–H and O–H groups in total. The average Bonchev–Trinajstić information content (AvgIpc) is 2.47. The first kappa shape index (κ1) is 16.1. The minimum Gasteiger partial charge on any atom is -0.455 e. The summed E-state index contributed by atoms with van der Waals surface area (Å²) in [4.78, 5) is 0. The van der Waals surface area contributed by atoms with Crippen molar-refractivity contribution in [3.8, 4) is 11.5 Å². The van der Waals surface area contributed by atoms with E-state index in [2.05, 4.69) is 0 Å². The fraction of sp³-hybridized carbons (Fsp3) is 0.250. The van der Waals surface area contributed by atoms with Crippen LogP contribution >= 0.6 is 23.2 Å². The van der Waals surface area contributed by atoms with Crippen molar-refractivity contribution in [2.24, 2.45) is 5.73 Å². The molecule has 0 radical (unpaired) electrons. The molecule has 21 heavy (non-hydrogen) atoms. The van der Waals surface area contributed by atoms with Crippen LogP contribution in [0.1, 0.15) is 18.9 Å². The van der Waals surface area contributed by atoms with Gasteiger partial charge in [0.1, 0.15) is 22.3 Å². The summed E-state index contributed by atoms with van der Waals surface area (Å²) in [5.41, 5.74) is 6.37. The fourth-order valence-electron chi connectivity index (χ4n) is 1.92. The second kappa shape index (κ2) is 7.12. The maximum atomic E-state index is 14.0. The molecule has 5 heteroatoms. The molecule has 0 spiro atoms. The zero-order valence-corrected chi connectivity index (χ0v) is 13.1. The van der Waals surface area contributed by atoms with E-state index in [1.807, 2.05) is 6.92 Å². The van der Waals surface area contributed by atoms with Gasteiger partial charge in [-0.25, -0.2) is 4.39 Å². The summed E-state index contributed by atoms with van der Waals surface area (Å²) in [6.07, 6.45) is 1.16. The Labute approximate surface area is 133 Å². The molecule has 2 nitrogen and oxygen atoms in total. The molecule has 2 aromatic rings. The SMILES string of the molecule is CCC(N)Cc1c(F)cccc1Oc1cccc(Cl)c1Cl. The lowest BCUT2D eigenvalue weighted by Crippen LogP contribution is -2.22. The lowest BCUT2D eigenvalue weighted by atomic mass is 10.0. The van der Waals surface area contributed by atoms with E-state index >= 15 is 0 Å². The monoisotopic (exact) mass is 327 g/mol. The van der Waals surface area contributed by atoms with E-state index in [1.54, 1.807) is 30.3 Å². The second-order valence-electron chi connectivity index (χ2n) is 4.74. The normalized spacial score (nSPS) is 12.2. The van der Waals surface area contributed by atoms with E-state index in [0.717, 1.165) is 6.42 Å². The van der Waals surface area contributed by atoms with Crippen molar-refractivity contribution >= 4 is 23.2 Å². The number of hydrogen-bond acceptors (Lipinski definition) is 2. The maximum Gasteiger partial charge on any atom is 0.147 e. The topological polar surface area (TPSA) is 35.2 Å². The van der Waals surface area contributed by atoms with Gasteiger partial charge in [-0.3, -0.25) is 0 Å². The third-order valence-corrected chi connectivity index (χ3v) is 4.00. The molecule has 0 aliphatic heterocycles. The zero-order valence-electron chi connectivity index (χ0n) is 11.6. The van der Waals surface area contributed by atoms with Crippen molar-refractivity contribution in [1.82, 2.24) is 0 Å². The number of hydrogen-bond donors (Lipinski definition) is 1. The van der Waals surface area contributed by atoms with Crippen molar-refractivity contribution < 1.29 is 9.13 Å². The van der Waals surface area contributed by atoms with E-state index in [0.29, 0.717) is 33.5 Å². The van der Waals surface area contributed by atoms with Crippen LogP contribution in [0.15, 0.2) is 36.4 Å². The summed E-state index contributed by atoms with van der Waals surface area (Å²) in [5, 5.41) is 0.687.